The Morgan fingerprint density at radius 2 is 2.14 bits per heavy atom. The Morgan fingerprint density at radius 3 is 3.00 bits per heavy atom. The Kier molecular flexibility index (Phi) is 1.41. The van der Waals surface area contributed by atoms with E-state index in [1.807, 2.05) is 12.1 Å². The number of carbonyl (C=O) groups is 1. The highest BCUT2D eigenvalue weighted by Crippen LogP contribution is 2.34. The summed E-state index contributed by atoms with van der Waals surface area (Å²) in [6.45, 7) is 0. The molecule has 2 aromatic rings. The maximum atomic E-state index is 11.4. The number of hydrogen-bond acceptors (Lipinski definition) is 3. The summed E-state index contributed by atoms with van der Waals surface area (Å²) < 4.78 is 0.872. The molecule has 3 rings (SSSR count). The van der Waals surface area contributed by atoms with Gasteiger partial charge in [-0.25, -0.2) is 9.97 Å². The quantitative estimate of drug-likeness (QED) is 0.777. The average molecular weight is 250 g/mol. The van der Waals surface area contributed by atoms with E-state index in [-0.39, 0.29) is 5.91 Å². The fraction of sp³-hybridized carbons (Fsp3) is 0. The largest absolute Gasteiger partial charge is 0.320 e. The van der Waals surface area contributed by atoms with Gasteiger partial charge in [0.25, 0.3) is 5.91 Å². The van der Waals surface area contributed by atoms with Crippen LogP contribution in [-0.2, 0) is 0 Å². The van der Waals surface area contributed by atoms with Crippen LogP contribution in [0.1, 0.15) is 10.5 Å². The van der Waals surface area contributed by atoms with Crippen LogP contribution in [0.5, 0.6) is 0 Å². The molecular formula is C9H4BrN3O. The van der Waals surface area contributed by atoms with Crippen LogP contribution < -0.4 is 5.32 Å². The van der Waals surface area contributed by atoms with E-state index in [1.54, 1.807) is 0 Å². The van der Waals surface area contributed by atoms with Crippen molar-refractivity contribution < 1.29 is 4.79 Å². The van der Waals surface area contributed by atoms with Crippen molar-refractivity contribution >= 4 is 38.4 Å². The minimum absolute atomic E-state index is 0.162. The van der Waals surface area contributed by atoms with Crippen molar-refractivity contribution in [3.05, 3.63) is 28.6 Å². The van der Waals surface area contributed by atoms with E-state index in [1.165, 1.54) is 6.33 Å². The van der Waals surface area contributed by atoms with Crippen molar-refractivity contribution in [3.8, 4) is 0 Å². The van der Waals surface area contributed by atoms with Gasteiger partial charge in [0.15, 0.2) is 0 Å². The molecule has 0 bridgehead atoms. The molecule has 0 unspecified atom stereocenters. The highest BCUT2D eigenvalue weighted by Gasteiger charge is 2.23. The number of hydrogen-bond donors (Lipinski definition) is 1. The number of rotatable bonds is 0. The zero-order valence-corrected chi connectivity index (χ0v) is 8.50. The Labute approximate surface area is 87.5 Å². The number of benzene rings is 1. The minimum Gasteiger partial charge on any atom is -0.320 e. The van der Waals surface area contributed by atoms with Gasteiger partial charge in [0.1, 0.15) is 12.0 Å². The Hall–Kier alpha value is -1.49. The van der Waals surface area contributed by atoms with Crippen molar-refractivity contribution in [2.75, 3.05) is 5.32 Å². The second-order valence-electron chi connectivity index (χ2n) is 2.99. The van der Waals surface area contributed by atoms with Gasteiger partial charge in [0.05, 0.1) is 16.6 Å². The minimum atomic E-state index is -0.162. The van der Waals surface area contributed by atoms with E-state index in [9.17, 15) is 4.79 Å². The standard InChI is InChI=1S/C9H4BrN3O/c10-4-1-2-5-6-7(4)11-3-12-8(6)9(14)13-5/h1-3H,(H,13,14). The molecule has 5 heteroatoms. The van der Waals surface area contributed by atoms with E-state index in [4.69, 9.17) is 0 Å². The molecule has 0 fully saturated rings. The molecule has 0 saturated carbocycles. The zero-order valence-electron chi connectivity index (χ0n) is 6.91. The SMILES string of the molecule is O=C1Nc2ccc(Br)c3ncnc1c23. The van der Waals surface area contributed by atoms with Gasteiger partial charge in [-0.1, -0.05) is 0 Å². The molecule has 1 aliphatic rings. The lowest BCUT2D eigenvalue weighted by atomic mass is 10.2. The van der Waals surface area contributed by atoms with Gasteiger partial charge < -0.3 is 5.32 Å². The number of anilines is 1. The third-order valence-corrected chi connectivity index (χ3v) is 2.84. The predicted octanol–water partition coefficient (Wildman–Crippen LogP) is 1.96. The smallest absolute Gasteiger partial charge is 0.275 e. The van der Waals surface area contributed by atoms with E-state index < -0.39 is 0 Å². The number of halogens is 1. The number of nitrogens with zero attached hydrogens (tertiary/aromatic N) is 2. The van der Waals surface area contributed by atoms with Gasteiger partial charge in [-0.05, 0) is 28.1 Å². The maximum absolute atomic E-state index is 11.4. The van der Waals surface area contributed by atoms with Crippen molar-refractivity contribution in [1.82, 2.24) is 9.97 Å². The van der Waals surface area contributed by atoms with Crippen LogP contribution in [0.15, 0.2) is 22.9 Å². The molecule has 68 valence electrons. The lowest BCUT2D eigenvalue weighted by molar-refractivity contribution is 0.102. The maximum Gasteiger partial charge on any atom is 0.275 e. The molecule has 1 N–H and O–H groups in total. The van der Waals surface area contributed by atoms with Crippen LogP contribution in [0.3, 0.4) is 0 Å². The normalized spacial score (nSPS) is 13.4. The summed E-state index contributed by atoms with van der Waals surface area (Å²) in [5, 5.41) is 3.53. The highest BCUT2D eigenvalue weighted by molar-refractivity contribution is 9.10. The van der Waals surface area contributed by atoms with Crippen molar-refractivity contribution in [2.24, 2.45) is 0 Å². The summed E-state index contributed by atoms with van der Waals surface area (Å²) in [7, 11) is 0. The van der Waals surface area contributed by atoms with Gasteiger partial charge in [-0.3, -0.25) is 4.79 Å². The van der Waals surface area contributed by atoms with Gasteiger partial charge in [0, 0.05) is 4.47 Å². The second kappa shape index (κ2) is 2.51. The lowest BCUT2D eigenvalue weighted by Gasteiger charge is -1.99. The van der Waals surface area contributed by atoms with Crippen molar-refractivity contribution in [1.29, 1.82) is 0 Å². The lowest BCUT2D eigenvalue weighted by Crippen LogP contribution is -2.05. The van der Waals surface area contributed by atoms with E-state index in [2.05, 4.69) is 31.2 Å². The van der Waals surface area contributed by atoms with Crippen LogP contribution in [0, 0.1) is 0 Å². The fourth-order valence-electron chi connectivity index (χ4n) is 1.60. The van der Waals surface area contributed by atoms with E-state index in [0.717, 1.165) is 21.1 Å². The first-order valence-corrected chi connectivity index (χ1v) is 4.81. The molecule has 0 aliphatic carbocycles. The highest BCUT2D eigenvalue weighted by atomic mass is 79.9. The summed E-state index contributed by atoms with van der Waals surface area (Å²) in [5.41, 5.74) is 2.00. The van der Waals surface area contributed by atoms with E-state index in [0.29, 0.717) is 5.69 Å². The summed E-state index contributed by atoms with van der Waals surface area (Å²) in [5.74, 6) is -0.162. The third kappa shape index (κ3) is 0.846. The van der Waals surface area contributed by atoms with Gasteiger partial charge in [0.2, 0.25) is 0 Å². The monoisotopic (exact) mass is 249 g/mol. The van der Waals surface area contributed by atoms with Gasteiger partial charge >= 0.3 is 0 Å². The molecule has 2 heterocycles. The summed E-state index contributed by atoms with van der Waals surface area (Å²) in [6.07, 6.45) is 1.40. The average Bonchev–Trinajstić information content (AvgIpc) is 2.52. The molecular weight excluding hydrogens is 246 g/mol. The predicted molar refractivity (Wildman–Crippen MR) is 55.2 cm³/mol. The van der Waals surface area contributed by atoms with Crippen LogP contribution in [0.2, 0.25) is 0 Å². The zero-order chi connectivity index (χ0) is 9.71. The number of carbonyl (C=O) groups excluding carboxylic acids is 1. The molecule has 1 aromatic carbocycles. The summed E-state index contributed by atoms with van der Waals surface area (Å²) >= 11 is 3.38. The molecule has 14 heavy (non-hydrogen) atoms. The molecule has 1 aliphatic heterocycles. The molecule has 1 aromatic heterocycles. The van der Waals surface area contributed by atoms with Crippen LogP contribution in [0.25, 0.3) is 10.9 Å². The summed E-state index contributed by atoms with van der Waals surface area (Å²) in [4.78, 5) is 19.5. The first kappa shape index (κ1) is 7.87. The van der Waals surface area contributed by atoms with Crippen molar-refractivity contribution in [3.63, 3.8) is 0 Å². The topological polar surface area (TPSA) is 54.9 Å². The van der Waals surface area contributed by atoms with Crippen LogP contribution in [-0.4, -0.2) is 15.9 Å². The number of amides is 1. The third-order valence-electron chi connectivity index (χ3n) is 2.20. The Balaban J connectivity index is 2.58. The van der Waals surface area contributed by atoms with Crippen molar-refractivity contribution in [2.45, 2.75) is 0 Å². The number of nitrogens with one attached hydrogen (secondary N) is 1. The Morgan fingerprint density at radius 1 is 1.29 bits per heavy atom. The van der Waals surface area contributed by atoms with Gasteiger partial charge in [-0.2, -0.15) is 0 Å². The molecule has 4 nitrogen and oxygen atoms in total. The van der Waals surface area contributed by atoms with Crippen LogP contribution >= 0.6 is 15.9 Å². The van der Waals surface area contributed by atoms with E-state index >= 15 is 0 Å². The molecule has 0 radical (unpaired) electrons. The van der Waals surface area contributed by atoms with Crippen LogP contribution in [0.4, 0.5) is 5.69 Å². The number of aromatic nitrogens is 2. The second-order valence-corrected chi connectivity index (χ2v) is 3.85. The first-order valence-electron chi connectivity index (χ1n) is 4.02. The molecule has 1 amide bonds. The fourth-order valence-corrected chi connectivity index (χ4v) is 2.03. The molecule has 0 atom stereocenters. The summed E-state index contributed by atoms with van der Waals surface area (Å²) in [6, 6.07) is 3.70. The first-order chi connectivity index (χ1) is 6.77. The van der Waals surface area contributed by atoms with Gasteiger partial charge in [-0.15, -0.1) is 0 Å². The molecule has 0 saturated heterocycles. The molecule has 0 spiro atoms. The Bertz CT molecular complexity index is 567.